The smallest absolute Gasteiger partial charge is 0.243 e. The van der Waals surface area contributed by atoms with E-state index in [0.717, 1.165) is 25.7 Å². The molecule has 0 aliphatic heterocycles. The van der Waals surface area contributed by atoms with Crippen LogP contribution in [0, 0.1) is 0 Å². The number of benzene rings is 1. The summed E-state index contributed by atoms with van der Waals surface area (Å²) < 4.78 is 31.9. The van der Waals surface area contributed by atoms with Gasteiger partial charge in [0, 0.05) is 19.2 Å². The largest absolute Gasteiger partial charge is 0.495 e. The van der Waals surface area contributed by atoms with Crippen LogP contribution in [0.1, 0.15) is 32.1 Å². The fraction of sp³-hybridized carbons (Fsp3) is 0.571. The van der Waals surface area contributed by atoms with Crippen LogP contribution in [0.15, 0.2) is 23.1 Å². The van der Waals surface area contributed by atoms with E-state index in [1.165, 1.54) is 30.0 Å². The quantitative estimate of drug-likeness (QED) is 0.865. The van der Waals surface area contributed by atoms with Crippen molar-refractivity contribution in [2.45, 2.75) is 43.0 Å². The Labute approximate surface area is 120 Å². The zero-order chi connectivity index (χ0) is 14.8. The van der Waals surface area contributed by atoms with Crippen LogP contribution >= 0.6 is 0 Å². The molecule has 0 atom stereocenters. The van der Waals surface area contributed by atoms with E-state index in [2.05, 4.69) is 0 Å². The number of hydrogen-bond acceptors (Lipinski definition) is 4. The van der Waals surface area contributed by atoms with Gasteiger partial charge in [0.15, 0.2) is 0 Å². The second-order valence-corrected chi connectivity index (χ2v) is 7.21. The predicted molar refractivity (Wildman–Crippen MR) is 79.2 cm³/mol. The first-order valence-electron chi connectivity index (χ1n) is 6.88. The normalized spacial score (nSPS) is 17.4. The van der Waals surface area contributed by atoms with Crippen molar-refractivity contribution in [2.24, 2.45) is 0 Å². The summed E-state index contributed by atoms with van der Waals surface area (Å²) in [6, 6.07) is 4.69. The molecule has 1 saturated carbocycles. The monoisotopic (exact) mass is 298 g/mol. The summed E-state index contributed by atoms with van der Waals surface area (Å²) in [6.07, 6.45) is 5.24. The third kappa shape index (κ3) is 2.91. The van der Waals surface area contributed by atoms with E-state index in [4.69, 9.17) is 10.5 Å². The molecule has 1 fully saturated rings. The first kappa shape index (κ1) is 15.1. The Balaban J connectivity index is 2.29. The van der Waals surface area contributed by atoms with Gasteiger partial charge in [-0.2, -0.15) is 4.31 Å². The number of anilines is 1. The highest BCUT2D eigenvalue weighted by Crippen LogP contribution is 2.29. The molecule has 0 aromatic heterocycles. The standard InChI is InChI=1S/C14H22N2O3S/c1-16(11-6-4-3-5-7-11)20(17,18)12-8-9-13(15)14(10-12)19-2/h8-11H,3-7,15H2,1-2H3. The molecular weight excluding hydrogens is 276 g/mol. The number of ether oxygens (including phenoxy) is 1. The van der Waals surface area contributed by atoms with Gasteiger partial charge in [-0.3, -0.25) is 0 Å². The number of nitrogens with two attached hydrogens (primary N) is 1. The topological polar surface area (TPSA) is 72.6 Å². The van der Waals surface area contributed by atoms with Crippen molar-refractivity contribution >= 4 is 15.7 Å². The molecule has 2 N–H and O–H groups in total. The average Bonchev–Trinajstić information content (AvgIpc) is 2.47. The number of hydrogen-bond donors (Lipinski definition) is 1. The van der Waals surface area contributed by atoms with Crippen LogP contribution in [-0.4, -0.2) is 32.9 Å². The zero-order valence-electron chi connectivity index (χ0n) is 12.0. The lowest BCUT2D eigenvalue weighted by atomic mass is 9.96. The number of rotatable bonds is 4. The molecule has 1 aromatic rings. The molecule has 6 heteroatoms. The van der Waals surface area contributed by atoms with E-state index in [1.54, 1.807) is 13.1 Å². The van der Waals surface area contributed by atoms with E-state index in [0.29, 0.717) is 11.4 Å². The van der Waals surface area contributed by atoms with Gasteiger partial charge < -0.3 is 10.5 Å². The van der Waals surface area contributed by atoms with Crippen LogP contribution in [0.25, 0.3) is 0 Å². The van der Waals surface area contributed by atoms with E-state index in [-0.39, 0.29) is 10.9 Å². The average molecular weight is 298 g/mol. The predicted octanol–water partition coefficient (Wildman–Crippen LogP) is 2.23. The minimum absolute atomic E-state index is 0.0947. The lowest BCUT2D eigenvalue weighted by molar-refractivity contribution is 0.285. The molecule has 112 valence electrons. The Hall–Kier alpha value is -1.27. The summed E-state index contributed by atoms with van der Waals surface area (Å²) in [5, 5.41) is 0. The van der Waals surface area contributed by atoms with Gasteiger partial charge in [-0.25, -0.2) is 8.42 Å². The molecule has 0 radical (unpaired) electrons. The van der Waals surface area contributed by atoms with Crippen LogP contribution in [0.2, 0.25) is 0 Å². The van der Waals surface area contributed by atoms with Crippen LogP contribution < -0.4 is 10.5 Å². The third-order valence-corrected chi connectivity index (χ3v) is 5.88. The Morgan fingerprint density at radius 1 is 1.25 bits per heavy atom. The number of methoxy groups -OCH3 is 1. The maximum atomic E-state index is 12.6. The molecule has 0 saturated heterocycles. The third-order valence-electron chi connectivity index (χ3n) is 3.97. The van der Waals surface area contributed by atoms with Crippen molar-refractivity contribution in [1.82, 2.24) is 4.31 Å². The zero-order valence-corrected chi connectivity index (χ0v) is 12.8. The molecule has 2 rings (SSSR count). The van der Waals surface area contributed by atoms with Crippen LogP contribution in [0.5, 0.6) is 5.75 Å². The molecule has 0 bridgehead atoms. The summed E-state index contributed by atoms with van der Waals surface area (Å²) >= 11 is 0. The number of nitrogens with zero attached hydrogens (tertiary/aromatic N) is 1. The van der Waals surface area contributed by atoms with Gasteiger partial charge in [-0.05, 0) is 25.0 Å². The summed E-state index contributed by atoms with van der Waals surface area (Å²) in [5.41, 5.74) is 6.17. The summed E-state index contributed by atoms with van der Waals surface area (Å²) in [7, 11) is -0.350. The van der Waals surface area contributed by atoms with E-state index in [1.807, 2.05) is 0 Å². The number of sulfonamides is 1. The van der Waals surface area contributed by atoms with Gasteiger partial charge >= 0.3 is 0 Å². The summed E-state index contributed by atoms with van der Waals surface area (Å²) in [4.78, 5) is 0.233. The van der Waals surface area contributed by atoms with Gasteiger partial charge in [-0.15, -0.1) is 0 Å². The lowest BCUT2D eigenvalue weighted by Crippen LogP contribution is -2.38. The minimum Gasteiger partial charge on any atom is -0.495 e. The second-order valence-electron chi connectivity index (χ2n) is 5.22. The molecular formula is C14H22N2O3S. The second kappa shape index (κ2) is 6.01. The Morgan fingerprint density at radius 3 is 2.50 bits per heavy atom. The SMILES string of the molecule is COc1cc(S(=O)(=O)N(C)C2CCCCC2)ccc1N. The molecule has 0 heterocycles. The molecule has 1 aliphatic carbocycles. The van der Waals surface area contributed by atoms with E-state index >= 15 is 0 Å². The van der Waals surface area contributed by atoms with Crippen molar-refractivity contribution in [2.75, 3.05) is 19.9 Å². The Kier molecular flexibility index (Phi) is 4.55. The molecule has 1 aliphatic rings. The van der Waals surface area contributed by atoms with Crippen molar-refractivity contribution in [3.05, 3.63) is 18.2 Å². The van der Waals surface area contributed by atoms with Gasteiger partial charge in [0.05, 0.1) is 17.7 Å². The first-order valence-corrected chi connectivity index (χ1v) is 8.32. The first-order chi connectivity index (χ1) is 9.46. The van der Waals surface area contributed by atoms with Gasteiger partial charge in [0.1, 0.15) is 5.75 Å². The van der Waals surface area contributed by atoms with Crippen LogP contribution in [-0.2, 0) is 10.0 Å². The van der Waals surface area contributed by atoms with Crippen LogP contribution in [0.3, 0.4) is 0 Å². The molecule has 20 heavy (non-hydrogen) atoms. The summed E-state index contributed by atoms with van der Waals surface area (Å²) in [6.45, 7) is 0. The molecule has 0 spiro atoms. The molecule has 1 aromatic carbocycles. The number of nitrogen functional groups attached to an aromatic ring is 1. The van der Waals surface area contributed by atoms with Crippen molar-refractivity contribution < 1.29 is 13.2 Å². The van der Waals surface area contributed by atoms with Crippen molar-refractivity contribution in [1.29, 1.82) is 0 Å². The Morgan fingerprint density at radius 2 is 1.90 bits per heavy atom. The lowest BCUT2D eigenvalue weighted by Gasteiger charge is -2.30. The maximum absolute atomic E-state index is 12.6. The molecule has 0 unspecified atom stereocenters. The van der Waals surface area contributed by atoms with Crippen LogP contribution in [0.4, 0.5) is 5.69 Å². The fourth-order valence-corrected chi connectivity index (χ4v) is 4.09. The molecule has 5 nitrogen and oxygen atoms in total. The highest BCUT2D eigenvalue weighted by Gasteiger charge is 2.29. The molecule has 0 amide bonds. The maximum Gasteiger partial charge on any atom is 0.243 e. The van der Waals surface area contributed by atoms with E-state index < -0.39 is 10.0 Å². The van der Waals surface area contributed by atoms with Gasteiger partial charge in [0.2, 0.25) is 10.0 Å². The minimum atomic E-state index is -3.49. The van der Waals surface area contributed by atoms with Gasteiger partial charge in [-0.1, -0.05) is 19.3 Å². The van der Waals surface area contributed by atoms with Crippen molar-refractivity contribution in [3.8, 4) is 5.75 Å². The fourth-order valence-electron chi connectivity index (χ4n) is 2.66. The van der Waals surface area contributed by atoms with E-state index in [9.17, 15) is 8.42 Å². The highest BCUT2D eigenvalue weighted by molar-refractivity contribution is 7.89. The summed E-state index contributed by atoms with van der Waals surface area (Å²) in [5.74, 6) is 0.392. The van der Waals surface area contributed by atoms with Crippen molar-refractivity contribution in [3.63, 3.8) is 0 Å². The van der Waals surface area contributed by atoms with Gasteiger partial charge in [0.25, 0.3) is 0 Å². The Bertz CT molecular complexity index is 566. The highest BCUT2D eigenvalue weighted by atomic mass is 32.2.